The van der Waals surface area contributed by atoms with Crippen LogP contribution in [0.15, 0.2) is 0 Å². The number of thioether (sulfide) groups is 1. The molecule has 3 nitrogen and oxygen atoms in total. The zero-order chi connectivity index (χ0) is 11.1. The van der Waals surface area contributed by atoms with Crippen LogP contribution in [0.4, 0.5) is 0 Å². The lowest BCUT2D eigenvalue weighted by Gasteiger charge is -2.35. The van der Waals surface area contributed by atoms with E-state index in [4.69, 9.17) is 9.47 Å². The van der Waals surface area contributed by atoms with Crippen LogP contribution in [0.25, 0.3) is 0 Å². The van der Waals surface area contributed by atoms with Gasteiger partial charge in [-0.25, -0.2) is 0 Å². The van der Waals surface area contributed by atoms with Gasteiger partial charge in [0.1, 0.15) is 0 Å². The maximum atomic E-state index is 5.57. The minimum absolute atomic E-state index is 0.368. The zero-order valence-electron chi connectivity index (χ0n) is 10.0. The van der Waals surface area contributed by atoms with Gasteiger partial charge in [0.05, 0.1) is 19.3 Å². The molecule has 1 aliphatic rings. The molecular formula is C11H23NO2S. The van der Waals surface area contributed by atoms with Gasteiger partial charge < -0.3 is 14.8 Å². The maximum absolute atomic E-state index is 5.57. The molecular weight excluding hydrogens is 210 g/mol. The lowest BCUT2D eigenvalue weighted by molar-refractivity contribution is -0.252. The van der Waals surface area contributed by atoms with Crippen LogP contribution >= 0.6 is 11.8 Å². The quantitative estimate of drug-likeness (QED) is 0.710. The van der Waals surface area contributed by atoms with E-state index in [1.54, 1.807) is 0 Å². The largest absolute Gasteiger partial charge is 0.349 e. The summed E-state index contributed by atoms with van der Waals surface area (Å²) in [5, 5.41) is 3.46. The summed E-state index contributed by atoms with van der Waals surface area (Å²) in [7, 11) is 0. The third-order valence-corrected chi connectivity index (χ3v) is 3.17. The Bertz CT molecular complexity index is 166. The summed E-state index contributed by atoms with van der Waals surface area (Å²) in [6.45, 7) is 6.51. The highest BCUT2D eigenvalue weighted by atomic mass is 32.2. The van der Waals surface area contributed by atoms with Crippen molar-refractivity contribution in [3.63, 3.8) is 0 Å². The molecule has 1 rings (SSSR count). The average molecular weight is 233 g/mol. The first-order valence-corrected chi connectivity index (χ1v) is 7.04. The number of ether oxygens (including phenoxy) is 2. The summed E-state index contributed by atoms with van der Waals surface area (Å²) < 4.78 is 11.1. The number of hydrogen-bond donors (Lipinski definition) is 1. The lowest BCUT2D eigenvalue weighted by atomic mass is 10.2. The van der Waals surface area contributed by atoms with Gasteiger partial charge in [-0.05, 0) is 45.2 Å². The molecule has 0 aromatic rings. The first-order valence-electron chi connectivity index (χ1n) is 5.64. The second-order valence-corrected chi connectivity index (χ2v) is 5.36. The van der Waals surface area contributed by atoms with Crippen molar-refractivity contribution >= 4 is 11.8 Å². The molecule has 0 unspecified atom stereocenters. The van der Waals surface area contributed by atoms with Crippen LogP contribution in [-0.2, 0) is 9.47 Å². The molecule has 0 aromatic heterocycles. The number of nitrogens with one attached hydrogen (secondary N) is 1. The van der Waals surface area contributed by atoms with Crippen molar-refractivity contribution in [2.45, 2.75) is 38.5 Å². The van der Waals surface area contributed by atoms with Gasteiger partial charge in [-0.15, -0.1) is 0 Å². The molecule has 4 heteroatoms. The first kappa shape index (κ1) is 13.3. The summed E-state index contributed by atoms with van der Waals surface area (Å²) in [4.78, 5) is 0. The van der Waals surface area contributed by atoms with Crippen molar-refractivity contribution in [2.24, 2.45) is 0 Å². The number of rotatable bonds is 6. The summed E-state index contributed by atoms with van der Waals surface area (Å²) in [6, 6.07) is 0.368. The smallest absolute Gasteiger partial charge is 0.162 e. The molecule has 0 atom stereocenters. The van der Waals surface area contributed by atoms with E-state index in [-0.39, 0.29) is 0 Å². The molecule has 1 aliphatic heterocycles. The van der Waals surface area contributed by atoms with Gasteiger partial charge in [-0.1, -0.05) is 0 Å². The predicted molar refractivity (Wildman–Crippen MR) is 65.4 cm³/mol. The minimum atomic E-state index is -0.392. The zero-order valence-corrected chi connectivity index (χ0v) is 10.9. The van der Waals surface area contributed by atoms with Crippen molar-refractivity contribution in [3.8, 4) is 0 Å². The van der Waals surface area contributed by atoms with E-state index in [1.807, 2.05) is 25.6 Å². The molecule has 0 amide bonds. The van der Waals surface area contributed by atoms with Gasteiger partial charge in [-0.3, -0.25) is 0 Å². The molecule has 15 heavy (non-hydrogen) atoms. The van der Waals surface area contributed by atoms with Crippen molar-refractivity contribution in [1.82, 2.24) is 5.32 Å². The Morgan fingerprint density at radius 3 is 2.53 bits per heavy atom. The SMILES string of the molecule is CSCCCCNC1COC(C)(C)OC1. The van der Waals surface area contributed by atoms with Crippen molar-refractivity contribution in [1.29, 1.82) is 0 Å². The van der Waals surface area contributed by atoms with Gasteiger partial charge in [0.2, 0.25) is 0 Å². The van der Waals surface area contributed by atoms with Crippen molar-refractivity contribution in [3.05, 3.63) is 0 Å². The second kappa shape index (κ2) is 6.74. The molecule has 0 bridgehead atoms. The van der Waals surface area contributed by atoms with Gasteiger partial charge in [0.25, 0.3) is 0 Å². The molecule has 0 aliphatic carbocycles. The molecule has 1 N–H and O–H groups in total. The van der Waals surface area contributed by atoms with Gasteiger partial charge in [0, 0.05) is 0 Å². The van der Waals surface area contributed by atoms with E-state index in [9.17, 15) is 0 Å². The number of hydrogen-bond acceptors (Lipinski definition) is 4. The van der Waals surface area contributed by atoms with E-state index in [0.717, 1.165) is 19.8 Å². The third-order valence-electron chi connectivity index (χ3n) is 2.47. The topological polar surface area (TPSA) is 30.5 Å². The van der Waals surface area contributed by atoms with E-state index >= 15 is 0 Å². The molecule has 0 aromatic carbocycles. The standard InChI is InChI=1S/C11H23NO2S/c1-11(2)13-8-10(9-14-11)12-6-4-5-7-15-3/h10,12H,4-9H2,1-3H3. The first-order chi connectivity index (χ1) is 7.14. The third kappa shape index (κ3) is 5.76. The summed E-state index contributed by atoms with van der Waals surface area (Å²) in [5.74, 6) is 0.864. The summed E-state index contributed by atoms with van der Waals surface area (Å²) in [5.41, 5.74) is 0. The van der Waals surface area contributed by atoms with Crippen LogP contribution in [0, 0.1) is 0 Å². The highest BCUT2D eigenvalue weighted by molar-refractivity contribution is 7.98. The molecule has 1 heterocycles. The average Bonchev–Trinajstić information content (AvgIpc) is 2.20. The predicted octanol–water partition coefficient (Wildman–Crippen LogP) is 1.87. The summed E-state index contributed by atoms with van der Waals surface area (Å²) >= 11 is 1.91. The Morgan fingerprint density at radius 2 is 1.93 bits per heavy atom. The van der Waals surface area contributed by atoms with Gasteiger partial charge in [-0.2, -0.15) is 11.8 Å². The number of unbranched alkanes of at least 4 members (excludes halogenated alkanes) is 1. The summed E-state index contributed by atoms with van der Waals surface area (Å²) in [6.07, 6.45) is 4.67. The van der Waals surface area contributed by atoms with Crippen LogP contribution in [0.2, 0.25) is 0 Å². The Kier molecular flexibility index (Phi) is 5.97. The Morgan fingerprint density at radius 1 is 1.27 bits per heavy atom. The normalized spacial score (nSPS) is 21.8. The van der Waals surface area contributed by atoms with E-state index in [0.29, 0.717) is 6.04 Å². The fourth-order valence-corrected chi connectivity index (χ4v) is 1.98. The molecule has 0 spiro atoms. The van der Waals surface area contributed by atoms with Crippen LogP contribution < -0.4 is 5.32 Å². The van der Waals surface area contributed by atoms with Crippen LogP contribution in [0.3, 0.4) is 0 Å². The molecule has 0 saturated carbocycles. The molecule has 1 fully saturated rings. The van der Waals surface area contributed by atoms with Crippen molar-refractivity contribution < 1.29 is 9.47 Å². The van der Waals surface area contributed by atoms with Gasteiger partial charge >= 0.3 is 0 Å². The van der Waals surface area contributed by atoms with Crippen molar-refractivity contribution in [2.75, 3.05) is 31.8 Å². The van der Waals surface area contributed by atoms with Gasteiger partial charge in [0.15, 0.2) is 5.79 Å². The van der Waals surface area contributed by atoms with E-state index < -0.39 is 5.79 Å². The minimum Gasteiger partial charge on any atom is -0.349 e. The lowest BCUT2D eigenvalue weighted by Crippen LogP contribution is -2.48. The Hall–Kier alpha value is 0.230. The Balaban J connectivity index is 1.99. The van der Waals surface area contributed by atoms with E-state index in [2.05, 4.69) is 11.6 Å². The molecule has 0 radical (unpaired) electrons. The molecule has 1 saturated heterocycles. The van der Waals surface area contributed by atoms with Crippen LogP contribution in [0.5, 0.6) is 0 Å². The highest BCUT2D eigenvalue weighted by Gasteiger charge is 2.27. The second-order valence-electron chi connectivity index (χ2n) is 4.37. The fourth-order valence-electron chi connectivity index (χ4n) is 1.49. The maximum Gasteiger partial charge on any atom is 0.162 e. The highest BCUT2D eigenvalue weighted by Crippen LogP contribution is 2.16. The van der Waals surface area contributed by atoms with E-state index in [1.165, 1.54) is 18.6 Å². The molecule has 90 valence electrons. The monoisotopic (exact) mass is 233 g/mol. The fraction of sp³-hybridized carbons (Fsp3) is 1.00. The van der Waals surface area contributed by atoms with Crippen LogP contribution in [0.1, 0.15) is 26.7 Å². The Labute approximate surface area is 97.3 Å². The van der Waals surface area contributed by atoms with Crippen LogP contribution in [-0.4, -0.2) is 43.6 Å².